The molecule has 0 fully saturated rings. The lowest BCUT2D eigenvalue weighted by atomic mass is 10.2. The fourth-order valence-corrected chi connectivity index (χ4v) is 2.30. The van der Waals surface area contributed by atoms with Crippen LogP contribution in [-0.2, 0) is 11.2 Å². The molecule has 4 nitrogen and oxygen atoms in total. The van der Waals surface area contributed by atoms with Crippen molar-refractivity contribution in [2.75, 3.05) is 5.32 Å². The number of rotatable bonds is 5. The molecule has 0 aliphatic rings. The Morgan fingerprint density at radius 2 is 1.92 bits per heavy atom. The maximum absolute atomic E-state index is 13.5. The zero-order valence-electron chi connectivity index (χ0n) is 12.6. The number of hydrogen-bond donors (Lipinski definition) is 1. The average Bonchev–Trinajstić information content (AvgIpc) is 3.05. The Morgan fingerprint density at radius 1 is 1.17 bits per heavy atom. The minimum absolute atomic E-state index is 0.148. The minimum atomic E-state index is -0.466. The number of carbonyl (C=O) groups excluding carboxylic acids is 1. The van der Waals surface area contributed by atoms with Crippen LogP contribution in [0.4, 0.5) is 10.1 Å². The summed E-state index contributed by atoms with van der Waals surface area (Å²) in [6, 6.07) is 13.2. The van der Waals surface area contributed by atoms with Crippen molar-refractivity contribution in [3.8, 4) is 11.3 Å². The Balaban J connectivity index is 1.58. The summed E-state index contributed by atoms with van der Waals surface area (Å²) in [6.45, 7) is 0. The molecule has 0 saturated carbocycles. The van der Waals surface area contributed by atoms with Crippen molar-refractivity contribution < 1.29 is 13.6 Å². The van der Waals surface area contributed by atoms with Crippen LogP contribution in [0.2, 0.25) is 5.02 Å². The van der Waals surface area contributed by atoms with Gasteiger partial charge in [0, 0.05) is 23.4 Å². The highest BCUT2D eigenvalue weighted by molar-refractivity contribution is 6.30. The molecule has 1 heterocycles. The van der Waals surface area contributed by atoms with E-state index in [1.165, 1.54) is 12.1 Å². The van der Waals surface area contributed by atoms with Crippen LogP contribution in [0.5, 0.6) is 0 Å². The van der Waals surface area contributed by atoms with E-state index in [-0.39, 0.29) is 18.0 Å². The number of carbonyl (C=O) groups is 1. The van der Waals surface area contributed by atoms with Crippen LogP contribution < -0.4 is 5.32 Å². The van der Waals surface area contributed by atoms with Crippen LogP contribution in [0.1, 0.15) is 12.3 Å². The van der Waals surface area contributed by atoms with E-state index in [4.69, 9.17) is 16.0 Å². The molecule has 2 aromatic carbocycles. The molecule has 0 bridgehead atoms. The molecular weight excluding hydrogens is 331 g/mol. The molecule has 0 atom stereocenters. The van der Waals surface area contributed by atoms with Gasteiger partial charge in [-0.05, 0) is 36.4 Å². The van der Waals surface area contributed by atoms with Gasteiger partial charge in [0.2, 0.25) is 5.91 Å². The standard InChI is InChI=1S/C18H14ClFN2O2/c19-13-7-5-12(6-8-13)16-11-21-18(24-16)10-9-17(23)22-15-4-2-1-3-14(15)20/h1-8,11H,9-10H2,(H,22,23). The fourth-order valence-electron chi connectivity index (χ4n) is 2.17. The number of nitrogens with zero attached hydrogens (tertiary/aromatic N) is 1. The van der Waals surface area contributed by atoms with Crippen LogP contribution >= 0.6 is 11.6 Å². The second-order valence-electron chi connectivity index (χ2n) is 5.15. The predicted molar refractivity (Wildman–Crippen MR) is 90.3 cm³/mol. The van der Waals surface area contributed by atoms with Crippen LogP contribution in [0.25, 0.3) is 11.3 Å². The van der Waals surface area contributed by atoms with Crippen molar-refractivity contribution in [1.82, 2.24) is 4.98 Å². The molecule has 0 aliphatic carbocycles. The first-order chi connectivity index (χ1) is 11.6. The van der Waals surface area contributed by atoms with Gasteiger partial charge in [-0.3, -0.25) is 4.79 Å². The third-order valence-corrected chi connectivity index (χ3v) is 3.65. The zero-order chi connectivity index (χ0) is 16.9. The Labute approximate surface area is 143 Å². The maximum atomic E-state index is 13.5. The van der Waals surface area contributed by atoms with E-state index >= 15 is 0 Å². The van der Waals surface area contributed by atoms with Crippen molar-refractivity contribution in [2.45, 2.75) is 12.8 Å². The van der Waals surface area contributed by atoms with E-state index in [9.17, 15) is 9.18 Å². The molecule has 0 saturated heterocycles. The maximum Gasteiger partial charge on any atom is 0.224 e. The van der Waals surface area contributed by atoms with Gasteiger partial charge in [-0.2, -0.15) is 0 Å². The molecule has 1 N–H and O–H groups in total. The van der Waals surface area contributed by atoms with E-state index in [0.717, 1.165) is 5.56 Å². The first-order valence-electron chi connectivity index (χ1n) is 7.37. The number of para-hydroxylation sites is 1. The number of halogens is 2. The summed E-state index contributed by atoms with van der Waals surface area (Å²) < 4.78 is 19.1. The van der Waals surface area contributed by atoms with Crippen LogP contribution in [0.3, 0.4) is 0 Å². The summed E-state index contributed by atoms with van der Waals surface area (Å²) >= 11 is 5.85. The van der Waals surface area contributed by atoms with Crippen molar-refractivity contribution >= 4 is 23.2 Å². The molecule has 122 valence electrons. The fraction of sp³-hybridized carbons (Fsp3) is 0.111. The molecule has 24 heavy (non-hydrogen) atoms. The molecule has 0 unspecified atom stereocenters. The predicted octanol–water partition coefficient (Wildman–Crippen LogP) is 4.71. The van der Waals surface area contributed by atoms with E-state index in [2.05, 4.69) is 10.3 Å². The van der Waals surface area contributed by atoms with Crippen molar-refractivity contribution in [2.24, 2.45) is 0 Å². The van der Waals surface area contributed by atoms with Crippen LogP contribution in [0.15, 0.2) is 59.1 Å². The van der Waals surface area contributed by atoms with Crippen molar-refractivity contribution in [1.29, 1.82) is 0 Å². The number of oxazole rings is 1. The summed E-state index contributed by atoms with van der Waals surface area (Å²) in [5, 5.41) is 3.17. The molecule has 6 heteroatoms. The number of nitrogens with one attached hydrogen (secondary N) is 1. The highest BCUT2D eigenvalue weighted by Crippen LogP contribution is 2.22. The molecule has 3 aromatic rings. The Kier molecular flexibility index (Phi) is 4.91. The Bertz CT molecular complexity index is 846. The highest BCUT2D eigenvalue weighted by Gasteiger charge is 2.10. The third kappa shape index (κ3) is 4.00. The topological polar surface area (TPSA) is 55.1 Å². The minimum Gasteiger partial charge on any atom is -0.441 e. The van der Waals surface area contributed by atoms with Gasteiger partial charge in [0.15, 0.2) is 11.7 Å². The van der Waals surface area contributed by atoms with Gasteiger partial charge in [0.05, 0.1) is 11.9 Å². The summed E-state index contributed by atoms with van der Waals surface area (Å²) in [5.41, 5.74) is 1.02. The lowest BCUT2D eigenvalue weighted by Crippen LogP contribution is -2.13. The van der Waals surface area contributed by atoms with Crippen molar-refractivity contribution in [3.63, 3.8) is 0 Å². The van der Waals surface area contributed by atoms with Crippen LogP contribution in [0, 0.1) is 5.82 Å². The number of benzene rings is 2. The summed E-state index contributed by atoms with van der Waals surface area (Å²) in [5.74, 6) is 0.290. The number of anilines is 1. The van der Waals surface area contributed by atoms with Crippen molar-refractivity contribution in [3.05, 3.63) is 71.5 Å². The summed E-state index contributed by atoms with van der Waals surface area (Å²) in [4.78, 5) is 16.0. The van der Waals surface area contributed by atoms with E-state index < -0.39 is 5.82 Å². The number of aryl methyl sites for hydroxylation is 1. The molecule has 0 aliphatic heterocycles. The molecular formula is C18H14ClFN2O2. The largest absolute Gasteiger partial charge is 0.441 e. The molecule has 1 aromatic heterocycles. The van der Waals surface area contributed by atoms with E-state index in [1.54, 1.807) is 30.5 Å². The molecule has 0 spiro atoms. The highest BCUT2D eigenvalue weighted by atomic mass is 35.5. The SMILES string of the molecule is O=C(CCc1ncc(-c2ccc(Cl)cc2)o1)Nc1ccccc1F. The van der Waals surface area contributed by atoms with Gasteiger partial charge >= 0.3 is 0 Å². The van der Waals surface area contributed by atoms with Gasteiger partial charge in [0.25, 0.3) is 0 Å². The van der Waals surface area contributed by atoms with Gasteiger partial charge in [-0.1, -0.05) is 23.7 Å². The Morgan fingerprint density at radius 3 is 2.67 bits per heavy atom. The van der Waals surface area contributed by atoms with E-state index in [0.29, 0.717) is 23.1 Å². The lowest BCUT2D eigenvalue weighted by molar-refractivity contribution is -0.116. The monoisotopic (exact) mass is 344 g/mol. The van der Waals surface area contributed by atoms with Gasteiger partial charge in [0.1, 0.15) is 5.82 Å². The van der Waals surface area contributed by atoms with E-state index in [1.807, 2.05) is 12.1 Å². The van der Waals surface area contributed by atoms with Gasteiger partial charge in [-0.15, -0.1) is 0 Å². The molecule has 1 amide bonds. The van der Waals surface area contributed by atoms with Gasteiger partial charge < -0.3 is 9.73 Å². The first kappa shape index (κ1) is 16.2. The first-order valence-corrected chi connectivity index (χ1v) is 7.74. The number of amides is 1. The smallest absolute Gasteiger partial charge is 0.224 e. The molecule has 3 rings (SSSR count). The molecule has 0 radical (unpaired) electrons. The number of aromatic nitrogens is 1. The Hall–Kier alpha value is -2.66. The van der Waals surface area contributed by atoms with Crippen LogP contribution in [-0.4, -0.2) is 10.9 Å². The lowest BCUT2D eigenvalue weighted by Gasteiger charge is -2.05. The number of hydrogen-bond acceptors (Lipinski definition) is 3. The van der Waals surface area contributed by atoms with Gasteiger partial charge in [-0.25, -0.2) is 9.37 Å². The second-order valence-corrected chi connectivity index (χ2v) is 5.59. The summed E-state index contributed by atoms with van der Waals surface area (Å²) in [7, 11) is 0. The quantitative estimate of drug-likeness (QED) is 0.729. The normalized spacial score (nSPS) is 10.6. The zero-order valence-corrected chi connectivity index (χ0v) is 13.4. The third-order valence-electron chi connectivity index (χ3n) is 3.40. The summed E-state index contributed by atoms with van der Waals surface area (Å²) in [6.07, 6.45) is 2.08. The second kappa shape index (κ2) is 7.27. The average molecular weight is 345 g/mol.